The van der Waals surface area contributed by atoms with E-state index in [0.29, 0.717) is 6.67 Å². The van der Waals surface area contributed by atoms with Crippen LogP contribution >= 0.6 is 0 Å². The molecule has 96 valence electrons. The Bertz CT molecular complexity index is 675. The van der Waals surface area contributed by atoms with Gasteiger partial charge in [0.25, 0.3) is 0 Å². The zero-order valence-corrected chi connectivity index (χ0v) is 10.6. The minimum atomic E-state index is 0.576. The molecule has 19 heavy (non-hydrogen) atoms. The van der Waals surface area contributed by atoms with Crippen LogP contribution in [0.4, 0.5) is 5.69 Å². The van der Waals surface area contributed by atoms with Crippen molar-refractivity contribution in [3.8, 4) is 5.75 Å². The van der Waals surface area contributed by atoms with Crippen molar-refractivity contribution in [1.29, 1.82) is 0 Å². The summed E-state index contributed by atoms with van der Waals surface area (Å²) in [6.07, 6.45) is 0. The fourth-order valence-electron chi connectivity index (χ4n) is 1.91. The van der Waals surface area contributed by atoms with E-state index in [2.05, 4.69) is 15.6 Å². The number of aromatic nitrogens is 3. The van der Waals surface area contributed by atoms with Gasteiger partial charge in [-0.25, -0.2) is 4.68 Å². The molecule has 2 aromatic carbocycles. The third kappa shape index (κ3) is 2.35. The molecule has 0 aliphatic carbocycles. The first-order valence-electron chi connectivity index (χ1n) is 6.03. The maximum atomic E-state index is 5.12. The summed E-state index contributed by atoms with van der Waals surface area (Å²) < 4.78 is 6.95. The number of methoxy groups -OCH3 is 1. The number of nitrogens with zero attached hydrogens (tertiary/aromatic N) is 3. The molecule has 0 unspecified atom stereocenters. The highest BCUT2D eigenvalue weighted by Crippen LogP contribution is 2.15. The van der Waals surface area contributed by atoms with Crippen molar-refractivity contribution in [2.75, 3.05) is 12.4 Å². The van der Waals surface area contributed by atoms with Gasteiger partial charge in [-0.05, 0) is 36.4 Å². The van der Waals surface area contributed by atoms with Crippen molar-refractivity contribution < 1.29 is 4.74 Å². The largest absolute Gasteiger partial charge is 0.497 e. The van der Waals surface area contributed by atoms with Gasteiger partial charge in [-0.2, -0.15) is 0 Å². The number of ether oxygens (including phenoxy) is 1. The van der Waals surface area contributed by atoms with Gasteiger partial charge in [-0.1, -0.05) is 17.3 Å². The smallest absolute Gasteiger partial charge is 0.119 e. The summed E-state index contributed by atoms with van der Waals surface area (Å²) in [7, 11) is 1.66. The summed E-state index contributed by atoms with van der Waals surface area (Å²) in [4.78, 5) is 0. The van der Waals surface area contributed by atoms with E-state index in [1.54, 1.807) is 7.11 Å². The third-order valence-electron chi connectivity index (χ3n) is 2.94. The minimum Gasteiger partial charge on any atom is -0.497 e. The zero-order chi connectivity index (χ0) is 13.1. The maximum absolute atomic E-state index is 5.12. The minimum absolute atomic E-state index is 0.576. The van der Waals surface area contributed by atoms with Crippen molar-refractivity contribution in [2.24, 2.45) is 0 Å². The molecule has 5 heteroatoms. The molecule has 0 aliphatic rings. The molecular formula is C14H14N4O. The molecule has 3 aromatic rings. The van der Waals surface area contributed by atoms with Gasteiger partial charge in [-0.3, -0.25) is 0 Å². The van der Waals surface area contributed by atoms with Crippen molar-refractivity contribution >= 4 is 16.7 Å². The predicted octanol–water partition coefficient (Wildman–Crippen LogP) is 2.51. The molecule has 0 atom stereocenters. The first-order chi connectivity index (χ1) is 9.36. The molecule has 0 aliphatic heterocycles. The molecule has 1 aromatic heterocycles. The van der Waals surface area contributed by atoms with Crippen LogP contribution in [0, 0.1) is 0 Å². The van der Waals surface area contributed by atoms with E-state index >= 15 is 0 Å². The molecule has 0 bridgehead atoms. The van der Waals surface area contributed by atoms with Crippen LogP contribution in [0.5, 0.6) is 5.75 Å². The molecule has 5 nitrogen and oxygen atoms in total. The Morgan fingerprint density at radius 1 is 1.11 bits per heavy atom. The Morgan fingerprint density at radius 3 is 2.68 bits per heavy atom. The lowest BCUT2D eigenvalue weighted by Crippen LogP contribution is -2.09. The number of para-hydroxylation sites is 1. The maximum Gasteiger partial charge on any atom is 0.119 e. The lowest BCUT2D eigenvalue weighted by Gasteiger charge is -2.07. The standard InChI is InChI=1S/C14H14N4O/c1-19-12-8-6-11(7-9-12)15-10-18-14-5-3-2-4-13(14)16-17-18/h2-9,15H,10H2,1H3. The highest BCUT2D eigenvalue weighted by atomic mass is 16.5. The SMILES string of the molecule is COc1ccc(NCn2nnc3ccccc32)cc1. The summed E-state index contributed by atoms with van der Waals surface area (Å²) in [6.45, 7) is 0.576. The summed E-state index contributed by atoms with van der Waals surface area (Å²) in [5.41, 5.74) is 2.93. The number of benzene rings is 2. The fraction of sp³-hybridized carbons (Fsp3) is 0.143. The van der Waals surface area contributed by atoms with Crippen molar-refractivity contribution in [2.45, 2.75) is 6.67 Å². The van der Waals surface area contributed by atoms with Crippen LogP contribution in [0.2, 0.25) is 0 Å². The van der Waals surface area contributed by atoms with Gasteiger partial charge in [0.1, 0.15) is 17.9 Å². The fourth-order valence-corrected chi connectivity index (χ4v) is 1.91. The van der Waals surface area contributed by atoms with Gasteiger partial charge in [0.05, 0.1) is 12.6 Å². The van der Waals surface area contributed by atoms with E-state index in [4.69, 9.17) is 4.74 Å². The molecule has 1 N–H and O–H groups in total. The van der Waals surface area contributed by atoms with Gasteiger partial charge in [0.2, 0.25) is 0 Å². The average Bonchev–Trinajstić information content (AvgIpc) is 2.89. The Hall–Kier alpha value is -2.56. The molecule has 0 amide bonds. The number of anilines is 1. The summed E-state index contributed by atoms with van der Waals surface area (Å²) >= 11 is 0. The first kappa shape index (κ1) is 11.5. The predicted molar refractivity (Wildman–Crippen MR) is 74.1 cm³/mol. The van der Waals surface area contributed by atoms with Crippen molar-refractivity contribution in [3.63, 3.8) is 0 Å². The molecule has 0 saturated heterocycles. The number of rotatable bonds is 4. The Labute approximate surface area is 110 Å². The Kier molecular flexibility index (Phi) is 3.02. The second kappa shape index (κ2) is 4.97. The zero-order valence-electron chi connectivity index (χ0n) is 10.6. The van der Waals surface area contributed by atoms with Crippen LogP contribution in [0.15, 0.2) is 48.5 Å². The quantitative estimate of drug-likeness (QED) is 0.777. The highest BCUT2D eigenvalue weighted by molar-refractivity contribution is 5.73. The summed E-state index contributed by atoms with van der Waals surface area (Å²) in [6, 6.07) is 15.7. The molecule has 0 radical (unpaired) electrons. The van der Waals surface area contributed by atoms with Crippen LogP contribution in [0.1, 0.15) is 0 Å². The Morgan fingerprint density at radius 2 is 1.89 bits per heavy atom. The topological polar surface area (TPSA) is 52.0 Å². The number of fused-ring (bicyclic) bond motifs is 1. The second-order valence-corrected chi connectivity index (χ2v) is 4.14. The molecular weight excluding hydrogens is 240 g/mol. The van der Waals surface area contributed by atoms with Gasteiger partial charge >= 0.3 is 0 Å². The molecule has 0 saturated carbocycles. The lowest BCUT2D eigenvalue weighted by atomic mass is 10.3. The van der Waals surface area contributed by atoms with E-state index in [-0.39, 0.29) is 0 Å². The van der Waals surface area contributed by atoms with Crippen LogP contribution < -0.4 is 10.1 Å². The van der Waals surface area contributed by atoms with Crippen molar-refractivity contribution in [1.82, 2.24) is 15.0 Å². The van der Waals surface area contributed by atoms with E-state index in [9.17, 15) is 0 Å². The van der Waals surface area contributed by atoms with E-state index in [1.807, 2.05) is 53.2 Å². The number of nitrogens with one attached hydrogen (secondary N) is 1. The van der Waals surface area contributed by atoms with Crippen LogP contribution in [0.3, 0.4) is 0 Å². The molecule has 1 heterocycles. The molecule has 0 spiro atoms. The molecule has 3 rings (SSSR count). The normalized spacial score (nSPS) is 10.6. The lowest BCUT2D eigenvalue weighted by molar-refractivity contribution is 0.415. The van der Waals surface area contributed by atoms with E-state index in [1.165, 1.54) is 0 Å². The highest BCUT2D eigenvalue weighted by Gasteiger charge is 2.02. The van der Waals surface area contributed by atoms with E-state index < -0.39 is 0 Å². The van der Waals surface area contributed by atoms with Gasteiger partial charge in [0, 0.05) is 5.69 Å². The van der Waals surface area contributed by atoms with Crippen LogP contribution in [0.25, 0.3) is 11.0 Å². The van der Waals surface area contributed by atoms with E-state index in [0.717, 1.165) is 22.5 Å². The summed E-state index contributed by atoms with van der Waals surface area (Å²) in [5, 5.41) is 11.5. The van der Waals surface area contributed by atoms with Gasteiger partial charge < -0.3 is 10.1 Å². The van der Waals surface area contributed by atoms with Gasteiger partial charge in [0.15, 0.2) is 0 Å². The Balaban J connectivity index is 1.74. The monoisotopic (exact) mass is 254 g/mol. The van der Waals surface area contributed by atoms with Crippen LogP contribution in [-0.2, 0) is 6.67 Å². The average molecular weight is 254 g/mol. The second-order valence-electron chi connectivity index (χ2n) is 4.14. The number of hydrogen-bond acceptors (Lipinski definition) is 4. The third-order valence-corrected chi connectivity index (χ3v) is 2.94. The first-order valence-corrected chi connectivity index (χ1v) is 6.03. The molecule has 0 fully saturated rings. The van der Waals surface area contributed by atoms with Crippen LogP contribution in [-0.4, -0.2) is 22.1 Å². The van der Waals surface area contributed by atoms with Gasteiger partial charge in [-0.15, -0.1) is 5.10 Å². The number of hydrogen-bond donors (Lipinski definition) is 1. The summed E-state index contributed by atoms with van der Waals surface area (Å²) in [5.74, 6) is 0.844. The van der Waals surface area contributed by atoms with Crippen molar-refractivity contribution in [3.05, 3.63) is 48.5 Å².